The lowest BCUT2D eigenvalue weighted by molar-refractivity contribution is -0.389. The molecule has 0 aromatic carbocycles. The van der Waals surface area contributed by atoms with Crippen molar-refractivity contribution in [3.8, 4) is 0 Å². The molecule has 0 saturated heterocycles. The average molecular weight is 225 g/mol. The van der Waals surface area contributed by atoms with E-state index in [0.29, 0.717) is 5.69 Å². The molecule has 0 saturated carbocycles. The van der Waals surface area contributed by atoms with E-state index in [-0.39, 0.29) is 5.82 Å². The highest BCUT2D eigenvalue weighted by Crippen LogP contribution is 2.16. The van der Waals surface area contributed by atoms with Gasteiger partial charge in [-0.3, -0.25) is 0 Å². The second-order valence-electron chi connectivity index (χ2n) is 3.72. The minimum atomic E-state index is -1.15. The SMILES string of the molecule is CC(C)(Nc1ccc([N+](=O)[O-])nc1)C(=O)O. The maximum Gasteiger partial charge on any atom is 0.363 e. The van der Waals surface area contributed by atoms with E-state index in [1.54, 1.807) is 0 Å². The highest BCUT2D eigenvalue weighted by Gasteiger charge is 2.27. The van der Waals surface area contributed by atoms with Crippen LogP contribution < -0.4 is 5.32 Å². The van der Waals surface area contributed by atoms with Crippen LogP contribution in [0.4, 0.5) is 11.5 Å². The number of hydrogen-bond donors (Lipinski definition) is 2. The van der Waals surface area contributed by atoms with Crippen LogP contribution in [-0.4, -0.2) is 26.5 Å². The molecule has 0 atom stereocenters. The molecule has 0 radical (unpaired) electrons. The van der Waals surface area contributed by atoms with Crippen molar-refractivity contribution in [1.29, 1.82) is 0 Å². The zero-order chi connectivity index (χ0) is 12.3. The number of carboxylic acid groups (broad SMARTS) is 1. The number of rotatable bonds is 4. The fourth-order valence-electron chi connectivity index (χ4n) is 0.982. The standard InChI is InChI=1S/C9H11N3O4/c1-9(2,8(13)14)11-6-3-4-7(10-5-6)12(15)16/h3-5,11H,1-2H3,(H,13,14). The smallest absolute Gasteiger partial charge is 0.363 e. The Morgan fingerprint density at radius 2 is 2.19 bits per heavy atom. The maximum atomic E-state index is 10.8. The molecule has 1 aromatic heterocycles. The molecule has 1 aromatic rings. The lowest BCUT2D eigenvalue weighted by Crippen LogP contribution is -2.39. The van der Waals surface area contributed by atoms with Crippen molar-refractivity contribution in [2.45, 2.75) is 19.4 Å². The minimum Gasteiger partial charge on any atom is -0.480 e. The van der Waals surface area contributed by atoms with E-state index in [9.17, 15) is 14.9 Å². The van der Waals surface area contributed by atoms with E-state index in [1.165, 1.54) is 32.2 Å². The topological polar surface area (TPSA) is 105 Å². The molecule has 0 aliphatic rings. The van der Waals surface area contributed by atoms with Crippen molar-refractivity contribution in [3.05, 3.63) is 28.4 Å². The molecule has 7 heteroatoms. The van der Waals surface area contributed by atoms with Gasteiger partial charge in [0.25, 0.3) is 0 Å². The molecular formula is C9H11N3O4. The van der Waals surface area contributed by atoms with Gasteiger partial charge in [0.1, 0.15) is 5.54 Å². The van der Waals surface area contributed by atoms with Crippen LogP contribution >= 0.6 is 0 Å². The van der Waals surface area contributed by atoms with Crippen molar-refractivity contribution in [3.63, 3.8) is 0 Å². The highest BCUT2D eigenvalue weighted by molar-refractivity contribution is 5.81. The van der Waals surface area contributed by atoms with E-state index in [0.717, 1.165) is 0 Å². The normalized spacial score (nSPS) is 10.9. The van der Waals surface area contributed by atoms with E-state index in [4.69, 9.17) is 5.11 Å². The Balaban J connectivity index is 2.84. The van der Waals surface area contributed by atoms with Crippen molar-refractivity contribution >= 4 is 17.5 Å². The second-order valence-corrected chi connectivity index (χ2v) is 3.72. The third kappa shape index (κ3) is 2.66. The van der Waals surface area contributed by atoms with Gasteiger partial charge in [0.05, 0.1) is 5.69 Å². The van der Waals surface area contributed by atoms with Crippen molar-refractivity contribution in [2.24, 2.45) is 0 Å². The zero-order valence-electron chi connectivity index (χ0n) is 8.80. The summed E-state index contributed by atoms with van der Waals surface area (Å²) in [6, 6.07) is 2.62. The molecule has 0 spiro atoms. The molecule has 2 N–H and O–H groups in total. The Morgan fingerprint density at radius 3 is 2.56 bits per heavy atom. The summed E-state index contributed by atoms with van der Waals surface area (Å²) in [6.07, 6.45) is 1.23. The number of nitro groups is 1. The molecule has 0 fully saturated rings. The van der Waals surface area contributed by atoms with Gasteiger partial charge in [0.15, 0.2) is 6.20 Å². The molecule has 0 aliphatic heterocycles. The van der Waals surface area contributed by atoms with E-state index >= 15 is 0 Å². The van der Waals surface area contributed by atoms with E-state index in [2.05, 4.69) is 10.3 Å². The van der Waals surface area contributed by atoms with Crippen LogP contribution in [0.15, 0.2) is 18.3 Å². The number of nitrogens with zero attached hydrogens (tertiary/aromatic N) is 2. The number of hydrogen-bond acceptors (Lipinski definition) is 5. The Labute approximate surface area is 91.3 Å². The number of carbonyl (C=O) groups is 1. The summed E-state index contributed by atoms with van der Waals surface area (Å²) in [7, 11) is 0. The predicted molar refractivity (Wildman–Crippen MR) is 56.2 cm³/mol. The first kappa shape index (κ1) is 11.9. The van der Waals surface area contributed by atoms with Crippen LogP contribution in [0.5, 0.6) is 0 Å². The van der Waals surface area contributed by atoms with Crippen LogP contribution in [0.3, 0.4) is 0 Å². The molecule has 0 unspecified atom stereocenters. The second kappa shape index (κ2) is 4.13. The maximum absolute atomic E-state index is 10.8. The quantitative estimate of drug-likeness (QED) is 0.590. The number of nitrogens with one attached hydrogen (secondary N) is 1. The number of pyridine rings is 1. The van der Waals surface area contributed by atoms with Crippen molar-refractivity contribution in [1.82, 2.24) is 4.98 Å². The first-order valence-corrected chi connectivity index (χ1v) is 4.45. The highest BCUT2D eigenvalue weighted by atomic mass is 16.6. The van der Waals surface area contributed by atoms with E-state index < -0.39 is 16.4 Å². The number of carboxylic acids is 1. The van der Waals surface area contributed by atoms with Gasteiger partial charge in [-0.25, -0.2) is 4.79 Å². The fraction of sp³-hybridized carbons (Fsp3) is 0.333. The van der Waals surface area contributed by atoms with Crippen LogP contribution in [0, 0.1) is 10.1 Å². The average Bonchev–Trinajstić information content (AvgIpc) is 2.17. The first-order chi connectivity index (χ1) is 7.33. The monoisotopic (exact) mass is 225 g/mol. The summed E-state index contributed by atoms with van der Waals surface area (Å²) >= 11 is 0. The summed E-state index contributed by atoms with van der Waals surface area (Å²) in [5.41, 5.74) is -0.740. The molecule has 0 bridgehead atoms. The number of aliphatic carboxylic acids is 1. The van der Waals surface area contributed by atoms with Gasteiger partial charge in [-0.05, 0) is 29.8 Å². The third-order valence-electron chi connectivity index (χ3n) is 1.93. The van der Waals surface area contributed by atoms with Crippen molar-refractivity contribution < 1.29 is 14.8 Å². The third-order valence-corrected chi connectivity index (χ3v) is 1.93. The number of aromatic nitrogens is 1. The summed E-state index contributed by atoms with van der Waals surface area (Å²) in [5, 5.41) is 21.9. The Bertz CT molecular complexity index is 413. The molecule has 0 amide bonds. The first-order valence-electron chi connectivity index (χ1n) is 4.45. The molecule has 0 aliphatic carbocycles. The van der Waals surface area contributed by atoms with Gasteiger partial charge in [0, 0.05) is 6.07 Å². The zero-order valence-corrected chi connectivity index (χ0v) is 8.80. The predicted octanol–water partition coefficient (Wildman–Crippen LogP) is 1.26. The van der Waals surface area contributed by atoms with Gasteiger partial charge in [-0.15, -0.1) is 0 Å². The minimum absolute atomic E-state index is 0.279. The largest absolute Gasteiger partial charge is 0.480 e. The van der Waals surface area contributed by atoms with Gasteiger partial charge in [0.2, 0.25) is 0 Å². The number of anilines is 1. The van der Waals surface area contributed by atoms with Crippen LogP contribution in [0.25, 0.3) is 0 Å². The summed E-state index contributed by atoms with van der Waals surface area (Å²) in [4.78, 5) is 24.1. The molecule has 1 heterocycles. The molecule has 16 heavy (non-hydrogen) atoms. The molecule has 1 rings (SSSR count). The Kier molecular flexibility index (Phi) is 3.07. The molecule has 7 nitrogen and oxygen atoms in total. The van der Waals surface area contributed by atoms with E-state index in [1.807, 2.05) is 0 Å². The lowest BCUT2D eigenvalue weighted by Gasteiger charge is -2.21. The molecule has 86 valence electrons. The fourth-order valence-corrected chi connectivity index (χ4v) is 0.982. The Hall–Kier alpha value is -2.18. The lowest BCUT2D eigenvalue weighted by atomic mass is 10.1. The van der Waals surface area contributed by atoms with Gasteiger partial charge in [-0.1, -0.05) is 0 Å². The van der Waals surface area contributed by atoms with Crippen LogP contribution in [0.2, 0.25) is 0 Å². The Morgan fingerprint density at radius 1 is 1.56 bits per heavy atom. The summed E-state index contributed by atoms with van der Waals surface area (Å²) in [6.45, 7) is 2.97. The van der Waals surface area contributed by atoms with Crippen LogP contribution in [-0.2, 0) is 4.79 Å². The van der Waals surface area contributed by atoms with Crippen LogP contribution in [0.1, 0.15) is 13.8 Å². The van der Waals surface area contributed by atoms with Gasteiger partial charge in [-0.2, -0.15) is 0 Å². The summed E-state index contributed by atoms with van der Waals surface area (Å²) < 4.78 is 0. The summed E-state index contributed by atoms with van der Waals surface area (Å²) in [5.74, 6) is -1.30. The van der Waals surface area contributed by atoms with Gasteiger partial charge >= 0.3 is 11.8 Å². The van der Waals surface area contributed by atoms with Gasteiger partial charge < -0.3 is 20.5 Å². The molecular weight excluding hydrogens is 214 g/mol. The van der Waals surface area contributed by atoms with Crippen molar-refractivity contribution in [2.75, 3.05) is 5.32 Å².